The monoisotopic (exact) mass is 654 g/mol. The van der Waals surface area contributed by atoms with Gasteiger partial charge in [0, 0.05) is 31.1 Å². The standard InChI is InChI=1S/C38H54O9/c1-21-12-14-28-23(3)30(40-33-37(28)26(21)16-18-35(5,42-33)44-46-37)20-31(39-25-10-8-7-9-11-25)32-24(4)29-15-13-22(2)27-17-19-36(6)43-34(41-32)38(27,29)47-45-36/h7-11,21-24,26-34H,12-20H2,1-6H3/t21-,22-,23-,24-,26+,27+,28+,29+,30-,31+,32?,33-,34-,35?,36?,37-,38-/m1/s1. The van der Waals surface area contributed by atoms with Gasteiger partial charge in [0.15, 0.2) is 23.8 Å². The van der Waals surface area contributed by atoms with Gasteiger partial charge in [0.25, 0.3) is 0 Å². The molecule has 1 aromatic carbocycles. The fraction of sp³-hybridized carbons (Fsp3) is 0.842. The fourth-order valence-corrected chi connectivity index (χ4v) is 11.8. The minimum atomic E-state index is -0.823. The Kier molecular flexibility index (Phi) is 7.48. The summed E-state index contributed by atoms with van der Waals surface area (Å²) in [5.41, 5.74) is -1.20. The zero-order valence-electron chi connectivity index (χ0n) is 28.9. The van der Waals surface area contributed by atoms with Gasteiger partial charge in [-0.15, -0.1) is 0 Å². The maximum atomic E-state index is 7.17. The van der Waals surface area contributed by atoms with Crippen LogP contribution in [0.15, 0.2) is 30.3 Å². The summed E-state index contributed by atoms with van der Waals surface area (Å²) in [4.78, 5) is 25.1. The van der Waals surface area contributed by atoms with E-state index in [1.54, 1.807) is 0 Å². The third kappa shape index (κ3) is 4.63. The first-order chi connectivity index (χ1) is 22.6. The van der Waals surface area contributed by atoms with Crippen LogP contribution in [-0.4, -0.2) is 53.7 Å². The van der Waals surface area contributed by atoms with Gasteiger partial charge in [-0.05, 0) is 100 Å². The van der Waals surface area contributed by atoms with E-state index in [-0.39, 0.29) is 42.0 Å². The summed E-state index contributed by atoms with van der Waals surface area (Å²) in [7, 11) is 0. The largest absolute Gasteiger partial charge is 0.488 e. The summed E-state index contributed by atoms with van der Waals surface area (Å²) >= 11 is 0. The second-order valence-corrected chi connectivity index (χ2v) is 17.0. The first-order valence-corrected chi connectivity index (χ1v) is 18.7. The lowest BCUT2D eigenvalue weighted by molar-refractivity contribution is -0.573. The van der Waals surface area contributed by atoms with Gasteiger partial charge in [-0.1, -0.05) is 45.9 Å². The molecule has 2 spiro atoms. The summed E-state index contributed by atoms with van der Waals surface area (Å²) in [6, 6.07) is 10.2. The number of fused-ring (bicyclic) bond motifs is 4. The highest BCUT2D eigenvalue weighted by atomic mass is 17.3. The number of para-hydroxylation sites is 1. The molecule has 8 saturated heterocycles. The third-order valence-electron chi connectivity index (χ3n) is 14.4. The van der Waals surface area contributed by atoms with Crippen molar-refractivity contribution in [3.05, 3.63) is 30.3 Å². The molecule has 3 unspecified atom stereocenters. The molecule has 10 fully saturated rings. The molecule has 2 aliphatic carbocycles. The van der Waals surface area contributed by atoms with E-state index in [4.69, 9.17) is 43.2 Å². The van der Waals surface area contributed by atoms with Gasteiger partial charge in [-0.25, -0.2) is 19.6 Å². The van der Waals surface area contributed by atoms with E-state index in [1.165, 1.54) is 6.42 Å². The molecular weight excluding hydrogens is 600 g/mol. The molecule has 11 rings (SSSR count). The third-order valence-corrected chi connectivity index (χ3v) is 14.4. The van der Waals surface area contributed by atoms with E-state index in [0.717, 1.165) is 50.7 Å². The van der Waals surface area contributed by atoms with E-state index in [2.05, 4.69) is 27.7 Å². The molecule has 10 aliphatic rings. The SMILES string of the molecule is C[C@H]1[C@@H](C[C@H](Oc2ccccc2)C2O[C@@H]3OC4(C)CC[C@H]5[C@H](C)CC[C@@H]([C@H]2C)[C@@]35OO4)O[C@@H]2OC3(C)CC[C@H]4[C@H](C)CC[C@@H]1[C@@]24OO3. The van der Waals surface area contributed by atoms with Crippen molar-refractivity contribution < 1.29 is 43.2 Å². The molecule has 0 N–H and O–H groups in total. The van der Waals surface area contributed by atoms with Crippen LogP contribution in [0, 0.1) is 47.3 Å². The molecule has 9 nitrogen and oxygen atoms in total. The maximum absolute atomic E-state index is 7.17. The number of benzene rings is 1. The normalized spacial score (nSPS) is 55.3. The fourth-order valence-electron chi connectivity index (χ4n) is 11.8. The van der Waals surface area contributed by atoms with Crippen molar-refractivity contribution in [2.75, 3.05) is 0 Å². The number of hydrogen-bond donors (Lipinski definition) is 0. The lowest BCUT2D eigenvalue weighted by Gasteiger charge is -2.62. The van der Waals surface area contributed by atoms with E-state index in [0.29, 0.717) is 30.1 Å². The Morgan fingerprint density at radius 3 is 1.81 bits per heavy atom. The van der Waals surface area contributed by atoms with Crippen LogP contribution in [-0.2, 0) is 38.5 Å². The second-order valence-electron chi connectivity index (χ2n) is 17.0. The molecule has 0 aromatic heterocycles. The summed E-state index contributed by atoms with van der Waals surface area (Å²) in [6.45, 7) is 13.4. The number of ether oxygens (including phenoxy) is 5. The van der Waals surface area contributed by atoms with Crippen LogP contribution in [0.1, 0.15) is 99.3 Å². The van der Waals surface area contributed by atoms with Gasteiger partial charge in [0.1, 0.15) is 18.0 Å². The summed E-state index contributed by atoms with van der Waals surface area (Å²) < 4.78 is 34.7. The average Bonchev–Trinajstić information content (AvgIpc) is 3.43. The molecule has 0 radical (unpaired) electrons. The Bertz CT molecular complexity index is 1330. The van der Waals surface area contributed by atoms with Crippen LogP contribution in [0.5, 0.6) is 5.75 Å². The van der Waals surface area contributed by atoms with Gasteiger partial charge in [-0.2, -0.15) is 0 Å². The van der Waals surface area contributed by atoms with Crippen molar-refractivity contribution >= 4 is 0 Å². The lowest BCUT2D eigenvalue weighted by Crippen LogP contribution is -2.72. The van der Waals surface area contributed by atoms with Crippen molar-refractivity contribution in [1.29, 1.82) is 0 Å². The Balaban J connectivity index is 1.06. The lowest BCUT2D eigenvalue weighted by atomic mass is 9.56. The minimum Gasteiger partial charge on any atom is -0.488 e. The van der Waals surface area contributed by atoms with Crippen LogP contribution in [0.2, 0.25) is 0 Å². The molecule has 47 heavy (non-hydrogen) atoms. The molecule has 2 saturated carbocycles. The van der Waals surface area contributed by atoms with E-state index in [1.807, 2.05) is 44.2 Å². The summed E-state index contributed by atoms with van der Waals surface area (Å²) in [5, 5.41) is 0. The van der Waals surface area contributed by atoms with Crippen molar-refractivity contribution in [2.24, 2.45) is 47.3 Å². The predicted octanol–water partition coefficient (Wildman–Crippen LogP) is 7.33. The van der Waals surface area contributed by atoms with Crippen LogP contribution in [0.25, 0.3) is 0 Å². The van der Waals surface area contributed by atoms with Crippen LogP contribution >= 0.6 is 0 Å². The Morgan fingerprint density at radius 2 is 1.21 bits per heavy atom. The average molecular weight is 655 g/mol. The van der Waals surface area contributed by atoms with E-state index in [9.17, 15) is 0 Å². The first kappa shape index (κ1) is 31.7. The van der Waals surface area contributed by atoms with Gasteiger partial charge in [-0.3, -0.25) is 0 Å². The molecule has 8 heterocycles. The predicted molar refractivity (Wildman–Crippen MR) is 169 cm³/mol. The van der Waals surface area contributed by atoms with Crippen molar-refractivity contribution in [1.82, 2.24) is 0 Å². The second kappa shape index (κ2) is 11.1. The van der Waals surface area contributed by atoms with E-state index >= 15 is 0 Å². The first-order valence-electron chi connectivity index (χ1n) is 18.7. The molecule has 4 bridgehead atoms. The van der Waals surface area contributed by atoms with Crippen LogP contribution < -0.4 is 4.74 Å². The molecule has 260 valence electrons. The molecule has 9 heteroatoms. The highest BCUT2D eigenvalue weighted by Crippen LogP contribution is 2.63. The summed E-state index contributed by atoms with van der Waals surface area (Å²) in [6.07, 6.45) is 7.11. The zero-order valence-corrected chi connectivity index (χ0v) is 28.9. The molecule has 0 amide bonds. The van der Waals surface area contributed by atoms with Gasteiger partial charge < -0.3 is 23.7 Å². The van der Waals surface area contributed by atoms with Gasteiger partial charge in [0.05, 0.1) is 6.10 Å². The van der Waals surface area contributed by atoms with Gasteiger partial charge in [0.2, 0.25) is 11.6 Å². The topological polar surface area (TPSA) is 83.1 Å². The van der Waals surface area contributed by atoms with Crippen LogP contribution in [0.4, 0.5) is 0 Å². The molecule has 17 atom stereocenters. The highest BCUT2D eigenvalue weighted by Gasteiger charge is 2.72. The highest BCUT2D eigenvalue weighted by molar-refractivity contribution is 5.22. The van der Waals surface area contributed by atoms with Crippen LogP contribution in [0.3, 0.4) is 0 Å². The van der Waals surface area contributed by atoms with Crippen molar-refractivity contribution in [3.63, 3.8) is 0 Å². The quantitative estimate of drug-likeness (QED) is 0.303. The molecular formula is C38H54O9. The van der Waals surface area contributed by atoms with Crippen molar-refractivity contribution in [3.8, 4) is 5.75 Å². The zero-order chi connectivity index (χ0) is 32.3. The minimum absolute atomic E-state index is 0.112. The number of rotatable bonds is 5. The molecule has 8 aliphatic heterocycles. The smallest absolute Gasteiger partial charge is 0.201 e. The number of hydrogen-bond acceptors (Lipinski definition) is 9. The Hall–Kier alpha value is -1.30. The van der Waals surface area contributed by atoms with E-state index < -0.39 is 35.4 Å². The van der Waals surface area contributed by atoms with Gasteiger partial charge >= 0.3 is 0 Å². The van der Waals surface area contributed by atoms with Crippen molar-refractivity contribution in [2.45, 2.75) is 153 Å². The summed E-state index contributed by atoms with van der Waals surface area (Å²) in [5.74, 6) is 1.73. The molecule has 1 aromatic rings. The maximum Gasteiger partial charge on any atom is 0.201 e. The Morgan fingerprint density at radius 1 is 0.660 bits per heavy atom. The Labute approximate surface area is 279 Å².